The largest absolute Gasteiger partial charge is 0.388 e. The van der Waals surface area contributed by atoms with E-state index in [1.807, 2.05) is 0 Å². The van der Waals surface area contributed by atoms with Gasteiger partial charge in [0.1, 0.15) is 18.0 Å². The molecule has 1 fully saturated rings. The first-order valence-corrected chi connectivity index (χ1v) is 11.0. The van der Waals surface area contributed by atoms with E-state index in [1.54, 1.807) is 6.92 Å². The molecule has 0 saturated carbocycles. The van der Waals surface area contributed by atoms with E-state index in [1.165, 1.54) is 0 Å². The molecule has 2 unspecified atom stereocenters. The molecule has 2 aromatic heterocycles. The molecule has 0 bridgehead atoms. The molecule has 0 aliphatic carbocycles. The van der Waals surface area contributed by atoms with E-state index in [0.29, 0.717) is 6.42 Å². The number of aromatic amines is 1. The quantitative estimate of drug-likeness (QED) is 0.525. The zero-order valence-electron chi connectivity index (χ0n) is 14.3. The molecule has 10 heteroatoms. The summed E-state index contributed by atoms with van der Waals surface area (Å²) >= 11 is 0. The number of fused-ring (bicyclic) bond motifs is 1. The van der Waals surface area contributed by atoms with E-state index in [-0.39, 0.29) is 17.0 Å². The van der Waals surface area contributed by atoms with Gasteiger partial charge in [-0.15, -0.1) is 13.2 Å². The molecular formula is C15H22FN4O4P. The summed E-state index contributed by atoms with van der Waals surface area (Å²) < 4.78 is 21.0. The smallest absolute Gasteiger partial charge is 0.293 e. The van der Waals surface area contributed by atoms with E-state index in [9.17, 15) is 19.4 Å². The molecule has 0 radical (unpaired) electrons. The summed E-state index contributed by atoms with van der Waals surface area (Å²) in [5.74, 6) is 0.284. The van der Waals surface area contributed by atoms with Gasteiger partial charge in [0.25, 0.3) is 11.6 Å². The Hall–Kier alpha value is -1.54. The molecule has 1 aliphatic heterocycles. The minimum absolute atomic E-state index is 0.0272. The van der Waals surface area contributed by atoms with E-state index < -0.39 is 43.1 Å². The Morgan fingerprint density at radius 3 is 2.68 bits per heavy atom. The molecular weight excluding hydrogens is 350 g/mol. The van der Waals surface area contributed by atoms with Gasteiger partial charge in [0.15, 0.2) is 17.4 Å². The topological polar surface area (TPSA) is 113 Å². The zero-order valence-corrected chi connectivity index (χ0v) is 15.2. The first-order valence-electron chi connectivity index (χ1n) is 7.92. The van der Waals surface area contributed by atoms with Crippen LogP contribution in [0, 0.1) is 13.0 Å². The highest BCUT2D eigenvalue weighted by atomic mass is 31.2. The van der Waals surface area contributed by atoms with Gasteiger partial charge in [0, 0.05) is 0 Å². The minimum Gasteiger partial charge on any atom is -0.388 e. The minimum atomic E-state index is -1.36. The maximum atomic E-state index is 14.4. The Bertz CT molecular complexity index is 905. The zero-order chi connectivity index (χ0) is 18.5. The standard InChI is InChI=1S/C15H22FN4O4P/c1-7-17-12-9(13(23)18-7)19-15(16)20(12)14-11(22)10(21)8(24-14)5-6-25(2,3)4/h8,10-11,14,21-22H,2,5-6H2,1,3-4H3,(H,17,18,23)/t8-,10-,11?,14?/m1/s1. The van der Waals surface area contributed by atoms with Crippen molar-refractivity contribution in [3.05, 3.63) is 22.3 Å². The third-order valence-electron chi connectivity index (χ3n) is 4.24. The summed E-state index contributed by atoms with van der Waals surface area (Å²) in [6, 6.07) is 0. The molecule has 0 aromatic carbocycles. The molecule has 4 atom stereocenters. The van der Waals surface area contributed by atoms with Crippen LogP contribution in [0.4, 0.5) is 4.39 Å². The summed E-state index contributed by atoms with van der Waals surface area (Å²) in [4.78, 5) is 22.0. The Labute approximate surface area is 143 Å². The number of aromatic nitrogens is 4. The predicted molar refractivity (Wildman–Crippen MR) is 94.1 cm³/mol. The van der Waals surface area contributed by atoms with Crippen LogP contribution in [0.1, 0.15) is 18.5 Å². The van der Waals surface area contributed by atoms with Crippen LogP contribution in [0.15, 0.2) is 4.79 Å². The predicted octanol–water partition coefficient (Wildman–Crippen LogP) is 0.286. The van der Waals surface area contributed by atoms with Gasteiger partial charge in [-0.05, 0) is 32.8 Å². The fraction of sp³-hybridized carbons (Fsp3) is 0.600. The lowest BCUT2D eigenvalue weighted by Crippen LogP contribution is -2.32. The lowest BCUT2D eigenvalue weighted by Gasteiger charge is -2.18. The molecule has 138 valence electrons. The molecule has 8 nitrogen and oxygen atoms in total. The summed E-state index contributed by atoms with van der Waals surface area (Å²) in [5, 5.41) is 20.6. The number of H-pyrrole nitrogens is 1. The van der Waals surface area contributed by atoms with Crippen LogP contribution in [0.25, 0.3) is 11.2 Å². The molecule has 0 amide bonds. The lowest BCUT2D eigenvalue weighted by molar-refractivity contribution is -0.0413. The summed E-state index contributed by atoms with van der Waals surface area (Å²) in [6.07, 6.45) is -0.0126. The average Bonchev–Trinajstić information content (AvgIpc) is 2.95. The van der Waals surface area contributed by atoms with Crippen LogP contribution < -0.4 is 5.56 Å². The Kier molecular flexibility index (Phi) is 4.61. The van der Waals surface area contributed by atoms with Gasteiger partial charge in [0.05, 0.1) is 6.10 Å². The number of aliphatic hydroxyl groups excluding tert-OH is 2. The SMILES string of the molecule is C=P(C)(C)CC[C@H]1OC(n2c(F)nc3c(=O)[nH]c(C)nc32)C(O)[C@@H]1O. The van der Waals surface area contributed by atoms with Crippen molar-refractivity contribution in [2.24, 2.45) is 0 Å². The molecule has 1 aliphatic rings. The number of rotatable bonds is 4. The number of aliphatic hydroxyl groups is 2. The number of nitrogens with zero attached hydrogens (tertiary/aromatic N) is 3. The second-order valence-corrected chi connectivity index (χ2v) is 11.4. The van der Waals surface area contributed by atoms with Crippen LogP contribution in [-0.2, 0) is 4.74 Å². The first kappa shape index (κ1) is 18.3. The van der Waals surface area contributed by atoms with Crippen molar-refractivity contribution in [2.75, 3.05) is 19.5 Å². The van der Waals surface area contributed by atoms with Gasteiger partial charge in [0.2, 0.25) is 0 Å². The monoisotopic (exact) mass is 372 g/mol. The van der Waals surface area contributed by atoms with Crippen molar-refractivity contribution in [2.45, 2.75) is 37.9 Å². The summed E-state index contributed by atoms with van der Waals surface area (Å²) in [6.45, 7) is 4.35. The first-order chi connectivity index (χ1) is 11.6. The van der Waals surface area contributed by atoms with Crippen LogP contribution in [-0.4, -0.2) is 73.8 Å². The van der Waals surface area contributed by atoms with Gasteiger partial charge in [-0.1, -0.05) is 0 Å². The number of hydrogen-bond acceptors (Lipinski definition) is 6. The number of halogens is 1. The Morgan fingerprint density at radius 2 is 2.04 bits per heavy atom. The van der Waals surface area contributed by atoms with E-state index in [2.05, 4.69) is 34.6 Å². The second-order valence-electron chi connectivity index (χ2n) is 7.07. The number of aryl methyl sites for hydroxylation is 1. The van der Waals surface area contributed by atoms with Gasteiger partial charge >= 0.3 is 0 Å². The van der Waals surface area contributed by atoms with Crippen LogP contribution in [0.3, 0.4) is 0 Å². The maximum absolute atomic E-state index is 14.4. The van der Waals surface area contributed by atoms with Crippen molar-refractivity contribution in [1.29, 1.82) is 0 Å². The van der Waals surface area contributed by atoms with Crippen molar-refractivity contribution in [3.63, 3.8) is 0 Å². The number of ether oxygens (including phenoxy) is 1. The van der Waals surface area contributed by atoms with Crippen molar-refractivity contribution in [1.82, 2.24) is 19.5 Å². The maximum Gasteiger partial charge on any atom is 0.293 e. The molecule has 25 heavy (non-hydrogen) atoms. The molecule has 0 spiro atoms. The molecule has 3 rings (SSSR count). The summed E-state index contributed by atoms with van der Waals surface area (Å²) in [5.41, 5.74) is -0.782. The lowest BCUT2D eigenvalue weighted by atomic mass is 10.1. The van der Waals surface area contributed by atoms with E-state index in [0.717, 1.165) is 10.7 Å². The second kappa shape index (κ2) is 6.32. The Balaban J connectivity index is 1.97. The fourth-order valence-corrected chi connectivity index (χ4v) is 3.90. The van der Waals surface area contributed by atoms with E-state index >= 15 is 0 Å². The normalized spacial score (nSPS) is 27.3. The van der Waals surface area contributed by atoms with Crippen LogP contribution in [0.5, 0.6) is 0 Å². The van der Waals surface area contributed by atoms with Crippen molar-refractivity contribution in [3.8, 4) is 0 Å². The fourth-order valence-electron chi connectivity index (χ4n) is 2.95. The number of hydrogen-bond donors (Lipinski definition) is 3. The van der Waals surface area contributed by atoms with Crippen molar-refractivity contribution >= 4 is 24.3 Å². The highest BCUT2D eigenvalue weighted by Gasteiger charge is 2.45. The molecule has 1 saturated heterocycles. The van der Waals surface area contributed by atoms with Crippen LogP contribution >= 0.6 is 6.89 Å². The third kappa shape index (κ3) is 3.42. The molecule has 3 heterocycles. The van der Waals surface area contributed by atoms with Crippen molar-refractivity contribution < 1.29 is 19.3 Å². The number of imidazole rings is 1. The van der Waals surface area contributed by atoms with Crippen LogP contribution in [0.2, 0.25) is 0 Å². The van der Waals surface area contributed by atoms with Gasteiger partial charge in [-0.2, -0.15) is 9.37 Å². The molecule has 3 N–H and O–H groups in total. The average molecular weight is 372 g/mol. The third-order valence-corrected chi connectivity index (χ3v) is 5.71. The van der Waals surface area contributed by atoms with Gasteiger partial charge in [-0.3, -0.25) is 9.36 Å². The van der Waals surface area contributed by atoms with Gasteiger partial charge in [-0.25, -0.2) is 4.98 Å². The summed E-state index contributed by atoms with van der Waals surface area (Å²) in [7, 11) is 0. The van der Waals surface area contributed by atoms with E-state index in [4.69, 9.17) is 4.74 Å². The number of nitrogens with one attached hydrogen (secondary N) is 1. The Morgan fingerprint density at radius 1 is 1.36 bits per heavy atom. The highest BCUT2D eigenvalue weighted by molar-refractivity contribution is 7.72. The highest BCUT2D eigenvalue weighted by Crippen LogP contribution is 2.40. The van der Waals surface area contributed by atoms with Gasteiger partial charge < -0.3 is 19.9 Å². The molecule has 2 aromatic rings.